The van der Waals surface area contributed by atoms with Crippen molar-refractivity contribution < 1.29 is 0 Å². The Morgan fingerprint density at radius 3 is 2.72 bits per heavy atom. The summed E-state index contributed by atoms with van der Waals surface area (Å²) in [6, 6.07) is 7.04. The van der Waals surface area contributed by atoms with E-state index in [-0.39, 0.29) is 6.04 Å². The number of nitrogens with two attached hydrogens (primary N) is 1. The molecule has 0 saturated carbocycles. The summed E-state index contributed by atoms with van der Waals surface area (Å²) in [5, 5.41) is 0. The van der Waals surface area contributed by atoms with E-state index in [0.29, 0.717) is 0 Å². The third-order valence-electron chi connectivity index (χ3n) is 4.46. The lowest BCUT2D eigenvalue weighted by Crippen LogP contribution is -2.13. The molecule has 0 saturated heterocycles. The van der Waals surface area contributed by atoms with Crippen LogP contribution in [0.1, 0.15) is 61.3 Å². The maximum Gasteiger partial charge on any atom is 0.0511 e. The van der Waals surface area contributed by atoms with Gasteiger partial charge in [-0.05, 0) is 61.6 Å². The summed E-state index contributed by atoms with van der Waals surface area (Å²) in [5.74, 6) is 0. The van der Waals surface area contributed by atoms with Crippen LogP contribution in [0.3, 0.4) is 0 Å². The van der Waals surface area contributed by atoms with E-state index in [1.54, 1.807) is 5.56 Å². The molecule has 0 aromatic heterocycles. The van der Waals surface area contributed by atoms with E-state index in [1.165, 1.54) is 68.1 Å². The standard InChI is InChI=1S/C17H23N/c18-17(14-6-3-1-2-4-7-14)16-11-10-13-8-5-9-15(13)12-16/h6,10-12,17H,1-5,7-9,18H2. The van der Waals surface area contributed by atoms with Gasteiger partial charge in [-0.25, -0.2) is 0 Å². The predicted octanol–water partition coefficient (Wildman–Crippen LogP) is 4.07. The lowest BCUT2D eigenvalue weighted by molar-refractivity contribution is 0.688. The lowest BCUT2D eigenvalue weighted by Gasteiger charge is -2.17. The Labute approximate surface area is 110 Å². The molecule has 0 radical (unpaired) electrons. The molecular formula is C17H23N. The van der Waals surface area contributed by atoms with Gasteiger partial charge in [-0.3, -0.25) is 0 Å². The average molecular weight is 241 g/mol. The Morgan fingerprint density at radius 2 is 1.78 bits per heavy atom. The fourth-order valence-electron chi connectivity index (χ4n) is 3.32. The van der Waals surface area contributed by atoms with Crippen molar-refractivity contribution in [3.05, 3.63) is 46.5 Å². The van der Waals surface area contributed by atoms with Gasteiger partial charge in [0, 0.05) is 0 Å². The highest BCUT2D eigenvalue weighted by atomic mass is 14.6. The highest BCUT2D eigenvalue weighted by molar-refractivity contribution is 5.39. The van der Waals surface area contributed by atoms with Crippen molar-refractivity contribution in [1.82, 2.24) is 0 Å². The molecule has 3 rings (SSSR count). The fraction of sp³-hybridized carbons (Fsp3) is 0.529. The summed E-state index contributed by atoms with van der Waals surface area (Å²) in [6.07, 6.45) is 12.6. The van der Waals surface area contributed by atoms with Crippen LogP contribution in [-0.4, -0.2) is 0 Å². The smallest absolute Gasteiger partial charge is 0.0511 e. The zero-order valence-electron chi connectivity index (χ0n) is 11.1. The zero-order chi connectivity index (χ0) is 12.4. The molecule has 2 aliphatic rings. The lowest BCUT2D eigenvalue weighted by atomic mass is 9.94. The Hall–Kier alpha value is -1.08. The van der Waals surface area contributed by atoms with Gasteiger partial charge in [-0.2, -0.15) is 0 Å². The van der Waals surface area contributed by atoms with E-state index in [9.17, 15) is 0 Å². The second-order valence-corrected chi connectivity index (χ2v) is 5.74. The van der Waals surface area contributed by atoms with Crippen LogP contribution in [0.4, 0.5) is 0 Å². The maximum atomic E-state index is 6.46. The minimum absolute atomic E-state index is 0.133. The van der Waals surface area contributed by atoms with Gasteiger partial charge < -0.3 is 5.73 Å². The van der Waals surface area contributed by atoms with Crippen molar-refractivity contribution in [2.24, 2.45) is 5.73 Å². The summed E-state index contributed by atoms with van der Waals surface area (Å²) in [5.41, 5.74) is 12.3. The third kappa shape index (κ3) is 2.37. The van der Waals surface area contributed by atoms with Crippen LogP contribution in [0.5, 0.6) is 0 Å². The van der Waals surface area contributed by atoms with E-state index in [1.807, 2.05) is 0 Å². The molecule has 1 atom stereocenters. The summed E-state index contributed by atoms with van der Waals surface area (Å²) in [4.78, 5) is 0. The first-order valence-corrected chi connectivity index (χ1v) is 7.41. The molecule has 0 aliphatic heterocycles. The molecule has 0 amide bonds. The molecule has 0 fully saturated rings. The van der Waals surface area contributed by atoms with Gasteiger partial charge in [0.05, 0.1) is 6.04 Å². The molecule has 2 N–H and O–H groups in total. The van der Waals surface area contributed by atoms with Crippen molar-refractivity contribution in [2.75, 3.05) is 0 Å². The largest absolute Gasteiger partial charge is 0.321 e. The topological polar surface area (TPSA) is 26.0 Å². The highest BCUT2D eigenvalue weighted by Crippen LogP contribution is 2.30. The van der Waals surface area contributed by atoms with Gasteiger partial charge in [0.2, 0.25) is 0 Å². The minimum Gasteiger partial charge on any atom is -0.321 e. The molecule has 1 aromatic carbocycles. The summed E-state index contributed by atoms with van der Waals surface area (Å²) >= 11 is 0. The van der Waals surface area contributed by atoms with Crippen molar-refractivity contribution in [2.45, 2.75) is 57.4 Å². The van der Waals surface area contributed by atoms with Gasteiger partial charge in [0.1, 0.15) is 0 Å². The second-order valence-electron chi connectivity index (χ2n) is 5.74. The molecule has 96 valence electrons. The number of hydrogen-bond donors (Lipinski definition) is 1. The van der Waals surface area contributed by atoms with Gasteiger partial charge in [-0.15, -0.1) is 0 Å². The summed E-state index contributed by atoms with van der Waals surface area (Å²) < 4.78 is 0. The number of fused-ring (bicyclic) bond motifs is 1. The first-order chi connectivity index (χ1) is 8.84. The second kappa shape index (κ2) is 5.27. The third-order valence-corrected chi connectivity index (χ3v) is 4.46. The number of aryl methyl sites for hydroxylation is 2. The van der Waals surface area contributed by atoms with E-state index >= 15 is 0 Å². The van der Waals surface area contributed by atoms with Gasteiger partial charge in [0.15, 0.2) is 0 Å². The van der Waals surface area contributed by atoms with Crippen LogP contribution in [0.25, 0.3) is 0 Å². The van der Waals surface area contributed by atoms with Crippen LogP contribution < -0.4 is 5.73 Å². The minimum atomic E-state index is 0.133. The monoisotopic (exact) mass is 241 g/mol. The van der Waals surface area contributed by atoms with Crippen molar-refractivity contribution >= 4 is 0 Å². The Morgan fingerprint density at radius 1 is 0.889 bits per heavy atom. The van der Waals surface area contributed by atoms with E-state index < -0.39 is 0 Å². The number of rotatable bonds is 2. The van der Waals surface area contributed by atoms with E-state index in [4.69, 9.17) is 5.73 Å². The molecule has 2 aliphatic carbocycles. The number of benzene rings is 1. The fourth-order valence-corrected chi connectivity index (χ4v) is 3.32. The molecule has 0 heterocycles. The molecular weight excluding hydrogens is 218 g/mol. The first kappa shape index (κ1) is 12.0. The van der Waals surface area contributed by atoms with Gasteiger partial charge in [0.25, 0.3) is 0 Å². The Bertz CT molecular complexity index is 459. The molecule has 1 nitrogen and oxygen atoms in total. The van der Waals surface area contributed by atoms with E-state index in [2.05, 4.69) is 24.3 Å². The SMILES string of the molecule is NC(C1=CCCCCC1)c1ccc2c(c1)CCC2. The normalized spacial score (nSPS) is 21.1. The molecule has 1 aromatic rings. The van der Waals surface area contributed by atoms with Crippen molar-refractivity contribution in [3.63, 3.8) is 0 Å². The van der Waals surface area contributed by atoms with Crippen LogP contribution in [-0.2, 0) is 12.8 Å². The van der Waals surface area contributed by atoms with Crippen LogP contribution in [0, 0.1) is 0 Å². The van der Waals surface area contributed by atoms with Gasteiger partial charge >= 0.3 is 0 Å². The highest BCUT2D eigenvalue weighted by Gasteiger charge is 2.16. The summed E-state index contributed by atoms with van der Waals surface area (Å²) in [7, 11) is 0. The van der Waals surface area contributed by atoms with Crippen LogP contribution in [0.15, 0.2) is 29.8 Å². The van der Waals surface area contributed by atoms with Gasteiger partial charge in [-0.1, -0.05) is 36.3 Å². The molecule has 1 unspecified atom stereocenters. The van der Waals surface area contributed by atoms with Crippen LogP contribution >= 0.6 is 0 Å². The molecule has 0 bridgehead atoms. The number of allylic oxidation sites excluding steroid dienone is 1. The van der Waals surface area contributed by atoms with Crippen LogP contribution in [0.2, 0.25) is 0 Å². The molecule has 1 heteroatoms. The van der Waals surface area contributed by atoms with E-state index in [0.717, 1.165) is 0 Å². The predicted molar refractivity (Wildman–Crippen MR) is 76.6 cm³/mol. The Balaban J connectivity index is 1.83. The quantitative estimate of drug-likeness (QED) is 0.776. The summed E-state index contributed by atoms with van der Waals surface area (Å²) in [6.45, 7) is 0. The Kier molecular flexibility index (Phi) is 3.51. The van der Waals surface area contributed by atoms with Crippen molar-refractivity contribution in [3.8, 4) is 0 Å². The first-order valence-electron chi connectivity index (χ1n) is 7.41. The number of hydrogen-bond acceptors (Lipinski definition) is 1. The molecule has 0 spiro atoms. The average Bonchev–Trinajstić information content (AvgIpc) is 2.69. The maximum absolute atomic E-state index is 6.46. The zero-order valence-corrected chi connectivity index (χ0v) is 11.1. The van der Waals surface area contributed by atoms with Crippen molar-refractivity contribution in [1.29, 1.82) is 0 Å². The molecule has 18 heavy (non-hydrogen) atoms.